The summed E-state index contributed by atoms with van der Waals surface area (Å²) in [4.78, 5) is 40.8. The Balaban J connectivity index is 1.92. The number of imidazole rings is 1. The van der Waals surface area contributed by atoms with Gasteiger partial charge in [0.2, 0.25) is 5.91 Å². The molecule has 0 aromatic carbocycles. The van der Waals surface area contributed by atoms with Crippen molar-refractivity contribution >= 4 is 17.1 Å². The fourth-order valence-corrected chi connectivity index (χ4v) is 3.44. The molecule has 0 bridgehead atoms. The number of fused-ring (bicyclic) bond motifs is 1. The lowest BCUT2D eigenvalue weighted by atomic mass is 9.98. The van der Waals surface area contributed by atoms with Gasteiger partial charge in [-0.25, -0.2) is 9.78 Å². The van der Waals surface area contributed by atoms with Crippen molar-refractivity contribution in [3.63, 3.8) is 0 Å². The Bertz CT molecular complexity index is 900. The monoisotopic (exact) mass is 334 g/mol. The number of hydrogen-bond acceptors (Lipinski definition) is 5. The predicted octanol–water partition coefficient (Wildman–Crippen LogP) is -1.18. The van der Waals surface area contributed by atoms with E-state index in [9.17, 15) is 14.4 Å². The van der Waals surface area contributed by atoms with Crippen LogP contribution >= 0.6 is 0 Å². The Morgan fingerprint density at radius 1 is 1.29 bits per heavy atom. The van der Waals surface area contributed by atoms with E-state index in [0.29, 0.717) is 6.54 Å². The van der Waals surface area contributed by atoms with Crippen LogP contribution in [0.5, 0.6) is 0 Å². The van der Waals surface area contributed by atoms with E-state index in [2.05, 4.69) is 10.3 Å². The molecule has 9 nitrogen and oxygen atoms in total. The van der Waals surface area contributed by atoms with Gasteiger partial charge in [0.1, 0.15) is 6.54 Å². The highest BCUT2D eigenvalue weighted by atomic mass is 16.2. The molecular formula is C15H22N6O3. The summed E-state index contributed by atoms with van der Waals surface area (Å²) in [6, 6.07) is 0. The summed E-state index contributed by atoms with van der Waals surface area (Å²) in [5.74, 6) is -0.211. The fraction of sp³-hybridized carbons (Fsp3) is 0.600. The van der Waals surface area contributed by atoms with Gasteiger partial charge in [-0.05, 0) is 12.8 Å². The van der Waals surface area contributed by atoms with Crippen molar-refractivity contribution in [2.75, 3.05) is 6.54 Å². The van der Waals surface area contributed by atoms with Crippen LogP contribution in [0.2, 0.25) is 0 Å². The maximum absolute atomic E-state index is 12.4. The third-order valence-electron chi connectivity index (χ3n) is 4.89. The maximum atomic E-state index is 12.4. The molecule has 0 spiro atoms. The number of nitrogens with zero attached hydrogens (tertiary/aromatic N) is 4. The van der Waals surface area contributed by atoms with Crippen molar-refractivity contribution in [1.82, 2.24) is 24.0 Å². The van der Waals surface area contributed by atoms with Crippen molar-refractivity contribution < 1.29 is 4.79 Å². The van der Waals surface area contributed by atoms with Crippen molar-refractivity contribution in [3.8, 4) is 0 Å². The molecule has 0 aliphatic heterocycles. The van der Waals surface area contributed by atoms with Gasteiger partial charge in [0.15, 0.2) is 11.2 Å². The van der Waals surface area contributed by atoms with Crippen molar-refractivity contribution in [1.29, 1.82) is 0 Å². The number of hydrogen-bond donors (Lipinski definition) is 2. The number of aryl methyl sites for hydroxylation is 1. The summed E-state index contributed by atoms with van der Waals surface area (Å²) in [6.45, 7) is 0.366. The first-order chi connectivity index (χ1) is 11.4. The predicted molar refractivity (Wildman–Crippen MR) is 88.6 cm³/mol. The van der Waals surface area contributed by atoms with Gasteiger partial charge < -0.3 is 15.6 Å². The molecule has 9 heteroatoms. The van der Waals surface area contributed by atoms with Gasteiger partial charge >= 0.3 is 5.69 Å². The second kappa shape index (κ2) is 5.90. The van der Waals surface area contributed by atoms with Crippen LogP contribution in [0.15, 0.2) is 15.9 Å². The molecular weight excluding hydrogens is 312 g/mol. The summed E-state index contributed by atoms with van der Waals surface area (Å²) in [6.07, 6.45) is 5.25. The van der Waals surface area contributed by atoms with Gasteiger partial charge in [-0.1, -0.05) is 12.8 Å². The van der Waals surface area contributed by atoms with Gasteiger partial charge in [0.25, 0.3) is 5.56 Å². The average molecular weight is 334 g/mol. The SMILES string of the molecule is Cn1c(=O)c2c(ncn2CC(=O)NC2(CN)CCCC2)n(C)c1=O. The Morgan fingerprint density at radius 3 is 2.58 bits per heavy atom. The number of carbonyl (C=O) groups excluding carboxylic acids is 1. The first kappa shape index (κ1) is 16.4. The number of rotatable bonds is 4. The molecule has 1 amide bonds. The molecule has 0 atom stereocenters. The van der Waals surface area contributed by atoms with Gasteiger partial charge in [0, 0.05) is 20.6 Å². The molecule has 1 aliphatic rings. The third kappa shape index (κ3) is 2.54. The van der Waals surface area contributed by atoms with Crippen LogP contribution in [0.25, 0.3) is 11.2 Å². The molecule has 2 heterocycles. The zero-order valence-corrected chi connectivity index (χ0v) is 13.9. The van der Waals surface area contributed by atoms with E-state index in [0.717, 1.165) is 30.3 Å². The van der Waals surface area contributed by atoms with Crippen LogP contribution in [0.3, 0.4) is 0 Å². The van der Waals surface area contributed by atoms with Crippen LogP contribution in [0.1, 0.15) is 25.7 Å². The summed E-state index contributed by atoms with van der Waals surface area (Å²) < 4.78 is 3.78. The van der Waals surface area contributed by atoms with E-state index >= 15 is 0 Å². The Hall–Kier alpha value is -2.42. The number of aromatic nitrogens is 4. The molecule has 2 aromatic rings. The first-order valence-electron chi connectivity index (χ1n) is 8.00. The first-order valence-corrected chi connectivity index (χ1v) is 8.00. The zero-order chi connectivity index (χ0) is 17.5. The van der Waals surface area contributed by atoms with Crippen LogP contribution in [-0.4, -0.2) is 36.7 Å². The standard InChI is InChI=1S/C15H22N6O3/c1-19-12-11(13(23)20(2)14(19)24)21(9-17-12)7-10(22)18-15(8-16)5-3-4-6-15/h9H,3-8,16H2,1-2H3,(H,18,22). The minimum absolute atomic E-state index is 0.0360. The van der Waals surface area contributed by atoms with E-state index in [1.54, 1.807) is 7.05 Å². The zero-order valence-electron chi connectivity index (χ0n) is 13.9. The normalized spacial score (nSPS) is 16.6. The Labute approximate surface area is 138 Å². The molecule has 130 valence electrons. The molecule has 2 aromatic heterocycles. The Kier molecular flexibility index (Phi) is 4.04. The van der Waals surface area contributed by atoms with Gasteiger partial charge in [-0.2, -0.15) is 0 Å². The van der Waals surface area contributed by atoms with Crippen LogP contribution in [-0.2, 0) is 25.4 Å². The molecule has 1 aliphatic carbocycles. The van der Waals surface area contributed by atoms with E-state index in [1.807, 2.05) is 0 Å². The molecule has 1 fully saturated rings. The highest BCUT2D eigenvalue weighted by molar-refractivity contribution is 5.79. The number of nitrogens with two attached hydrogens (primary N) is 1. The van der Waals surface area contributed by atoms with Gasteiger partial charge in [-0.3, -0.25) is 18.7 Å². The minimum atomic E-state index is -0.465. The summed E-state index contributed by atoms with van der Waals surface area (Å²) in [5.41, 5.74) is 5.09. The van der Waals surface area contributed by atoms with Crippen molar-refractivity contribution in [3.05, 3.63) is 27.2 Å². The molecule has 1 saturated carbocycles. The van der Waals surface area contributed by atoms with Crippen LogP contribution in [0.4, 0.5) is 0 Å². The fourth-order valence-electron chi connectivity index (χ4n) is 3.44. The maximum Gasteiger partial charge on any atom is 0.332 e. The molecule has 3 rings (SSSR count). The molecule has 3 N–H and O–H groups in total. The second-order valence-electron chi connectivity index (χ2n) is 6.49. The molecule has 0 radical (unpaired) electrons. The van der Waals surface area contributed by atoms with Crippen LogP contribution in [0, 0.1) is 0 Å². The van der Waals surface area contributed by atoms with Crippen molar-refractivity contribution in [2.45, 2.75) is 37.8 Å². The lowest BCUT2D eigenvalue weighted by Crippen LogP contribution is -2.52. The van der Waals surface area contributed by atoms with E-state index in [4.69, 9.17) is 5.73 Å². The molecule has 0 saturated heterocycles. The lowest BCUT2D eigenvalue weighted by molar-refractivity contribution is -0.123. The third-order valence-corrected chi connectivity index (χ3v) is 4.89. The Morgan fingerprint density at radius 2 is 1.96 bits per heavy atom. The number of carbonyl (C=O) groups is 1. The van der Waals surface area contributed by atoms with Crippen LogP contribution < -0.4 is 22.3 Å². The topological polar surface area (TPSA) is 117 Å². The van der Waals surface area contributed by atoms with E-state index in [1.165, 1.54) is 22.5 Å². The minimum Gasteiger partial charge on any atom is -0.348 e. The number of amides is 1. The van der Waals surface area contributed by atoms with Gasteiger partial charge in [0.05, 0.1) is 11.9 Å². The lowest BCUT2D eigenvalue weighted by Gasteiger charge is -2.28. The highest BCUT2D eigenvalue weighted by Crippen LogP contribution is 2.28. The summed E-state index contributed by atoms with van der Waals surface area (Å²) in [7, 11) is 2.95. The van der Waals surface area contributed by atoms with Crippen molar-refractivity contribution in [2.24, 2.45) is 19.8 Å². The van der Waals surface area contributed by atoms with Gasteiger partial charge in [-0.15, -0.1) is 0 Å². The summed E-state index contributed by atoms with van der Waals surface area (Å²) in [5, 5.41) is 3.02. The second-order valence-corrected chi connectivity index (χ2v) is 6.49. The average Bonchev–Trinajstić information content (AvgIpc) is 3.18. The highest BCUT2D eigenvalue weighted by Gasteiger charge is 2.33. The molecule has 0 unspecified atom stereocenters. The van der Waals surface area contributed by atoms with E-state index < -0.39 is 11.2 Å². The number of nitrogens with one attached hydrogen (secondary N) is 1. The summed E-state index contributed by atoms with van der Waals surface area (Å²) >= 11 is 0. The quantitative estimate of drug-likeness (QED) is 0.730. The smallest absolute Gasteiger partial charge is 0.332 e. The molecule has 24 heavy (non-hydrogen) atoms. The van der Waals surface area contributed by atoms with E-state index in [-0.39, 0.29) is 29.2 Å². The largest absolute Gasteiger partial charge is 0.348 e.